The molecule has 3 heterocycles. The summed E-state index contributed by atoms with van der Waals surface area (Å²) in [5.74, 6) is 0.103. The van der Waals surface area contributed by atoms with Gasteiger partial charge in [-0.3, -0.25) is 9.48 Å². The van der Waals surface area contributed by atoms with Crippen LogP contribution in [0.2, 0.25) is 0 Å². The molecule has 6 heteroatoms. The van der Waals surface area contributed by atoms with E-state index in [2.05, 4.69) is 16.3 Å². The summed E-state index contributed by atoms with van der Waals surface area (Å²) in [5, 5.41) is 4.43. The Balaban J connectivity index is 1.48. The number of imidazole rings is 1. The number of aryl methyl sites for hydroxylation is 1. The van der Waals surface area contributed by atoms with E-state index in [4.69, 9.17) is 0 Å². The molecular formula is C20H23N5O. The second-order valence-electron chi connectivity index (χ2n) is 6.98. The Kier molecular flexibility index (Phi) is 4.56. The molecule has 3 aromatic rings. The average Bonchev–Trinajstić information content (AvgIpc) is 3.33. The summed E-state index contributed by atoms with van der Waals surface area (Å²) in [6, 6.07) is 8.15. The second kappa shape index (κ2) is 7.15. The minimum Gasteiger partial charge on any atom is -0.337 e. The Hall–Kier alpha value is -2.89. The highest BCUT2D eigenvalue weighted by Gasteiger charge is 2.26. The van der Waals surface area contributed by atoms with Crippen molar-refractivity contribution in [3.8, 4) is 0 Å². The van der Waals surface area contributed by atoms with Gasteiger partial charge in [0.25, 0.3) is 5.91 Å². The maximum atomic E-state index is 13.0. The van der Waals surface area contributed by atoms with Crippen molar-refractivity contribution in [3.05, 3.63) is 72.1 Å². The third kappa shape index (κ3) is 3.54. The molecule has 1 saturated heterocycles. The van der Waals surface area contributed by atoms with Crippen molar-refractivity contribution >= 4 is 5.91 Å². The van der Waals surface area contributed by atoms with E-state index in [1.54, 1.807) is 12.5 Å². The number of rotatable bonds is 4. The summed E-state index contributed by atoms with van der Waals surface area (Å²) < 4.78 is 4.00. The van der Waals surface area contributed by atoms with Gasteiger partial charge in [-0.15, -0.1) is 0 Å². The van der Waals surface area contributed by atoms with Crippen molar-refractivity contribution in [1.29, 1.82) is 0 Å². The molecule has 0 saturated carbocycles. The number of benzene rings is 1. The average molecular weight is 349 g/mol. The molecule has 1 aliphatic heterocycles. The van der Waals surface area contributed by atoms with Crippen molar-refractivity contribution in [2.75, 3.05) is 13.1 Å². The molecule has 2 aromatic heterocycles. The number of carbonyl (C=O) groups is 1. The van der Waals surface area contributed by atoms with Gasteiger partial charge in [0.15, 0.2) is 0 Å². The maximum Gasteiger partial charge on any atom is 0.253 e. The molecule has 134 valence electrons. The van der Waals surface area contributed by atoms with Gasteiger partial charge in [0, 0.05) is 43.8 Å². The molecule has 26 heavy (non-hydrogen) atoms. The van der Waals surface area contributed by atoms with Crippen molar-refractivity contribution in [3.63, 3.8) is 0 Å². The van der Waals surface area contributed by atoms with E-state index >= 15 is 0 Å². The normalized spacial score (nSPS) is 17.4. The molecule has 1 atom stereocenters. The number of aromatic nitrogens is 4. The number of nitrogens with zero attached hydrogens (tertiary/aromatic N) is 5. The lowest BCUT2D eigenvalue weighted by atomic mass is 10.0. The molecule has 1 aromatic carbocycles. The van der Waals surface area contributed by atoms with Gasteiger partial charge in [-0.2, -0.15) is 5.10 Å². The van der Waals surface area contributed by atoms with Crippen molar-refractivity contribution in [2.45, 2.75) is 32.4 Å². The van der Waals surface area contributed by atoms with Crippen molar-refractivity contribution in [1.82, 2.24) is 24.2 Å². The fraction of sp³-hybridized carbons (Fsp3) is 0.350. The van der Waals surface area contributed by atoms with Crippen LogP contribution in [0, 0.1) is 6.92 Å². The Labute approximate surface area is 153 Å². The quantitative estimate of drug-likeness (QED) is 0.728. The van der Waals surface area contributed by atoms with Crippen LogP contribution in [0.25, 0.3) is 0 Å². The van der Waals surface area contributed by atoms with Gasteiger partial charge in [0.1, 0.15) is 0 Å². The Morgan fingerprint density at radius 2 is 2.27 bits per heavy atom. The summed E-state index contributed by atoms with van der Waals surface area (Å²) in [5.41, 5.74) is 3.01. The smallest absolute Gasteiger partial charge is 0.253 e. The Morgan fingerprint density at radius 1 is 1.35 bits per heavy atom. The van der Waals surface area contributed by atoms with E-state index < -0.39 is 0 Å². The highest BCUT2D eigenvalue weighted by molar-refractivity contribution is 5.94. The van der Waals surface area contributed by atoms with Crippen LogP contribution in [0.5, 0.6) is 0 Å². The summed E-state index contributed by atoms with van der Waals surface area (Å²) >= 11 is 0. The molecule has 0 bridgehead atoms. The number of carbonyl (C=O) groups excluding carboxylic acids is 1. The van der Waals surface area contributed by atoms with Gasteiger partial charge in [0.05, 0.1) is 18.6 Å². The van der Waals surface area contributed by atoms with E-state index in [-0.39, 0.29) is 11.9 Å². The van der Waals surface area contributed by atoms with Gasteiger partial charge in [-0.1, -0.05) is 12.1 Å². The molecular weight excluding hydrogens is 326 g/mol. The topological polar surface area (TPSA) is 56.0 Å². The van der Waals surface area contributed by atoms with Gasteiger partial charge < -0.3 is 9.47 Å². The van der Waals surface area contributed by atoms with Crippen LogP contribution in [0.1, 0.15) is 40.4 Å². The fourth-order valence-electron chi connectivity index (χ4n) is 3.56. The van der Waals surface area contributed by atoms with Crippen LogP contribution >= 0.6 is 0 Å². The first-order valence-corrected chi connectivity index (χ1v) is 9.04. The molecule has 0 radical (unpaired) electrons. The summed E-state index contributed by atoms with van der Waals surface area (Å²) in [6.45, 7) is 4.28. The summed E-state index contributed by atoms with van der Waals surface area (Å²) in [4.78, 5) is 19.0. The van der Waals surface area contributed by atoms with E-state index in [1.165, 1.54) is 0 Å². The minimum atomic E-state index is 0.103. The first kappa shape index (κ1) is 16.6. The molecule has 0 spiro atoms. The zero-order valence-electron chi connectivity index (χ0n) is 15.0. The molecule has 6 nitrogen and oxygen atoms in total. The van der Waals surface area contributed by atoms with Gasteiger partial charge >= 0.3 is 0 Å². The third-order valence-electron chi connectivity index (χ3n) is 4.89. The summed E-state index contributed by atoms with van der Waals surface area (Å²) in [7, 11) is 0. The first-order chi connectivity index (χ1) is 12.7. The molecule has 1 fully saturated rings. The standard InChI is InChI=1S/C20H23N5O/c1-16-11-22-25(12-16)19-6-3-8-24(14-19)20(26)18-5-2-4-17(10-18)13-23-9-7-21-15-23/h2,4-5,7,9-12,15,19H,3,6,8,13-14H2,1H3/t19-/m1/s1. The zero-order valence-corrected chi connectivity index (χ0v) is 15.0. The maximum absolute atomic E-state index is 13.0. The number of piperidine rings is 1. The lowest BCUT2D eigenvalue weighted by Gasteiger charge is -2.33. The monoisotopic (exact) mass is 349 g/mol. The van der Waals surface area contributed by atoms with Crippen molar-refractivity contribution < 1.29 is 4.79 Å². The highest BCUT2D eigenvalue weighted by atomic mass is 16.2. The van der Waals surface area contributed by atoms with E-state index in [0.29, 0.717) is 6.54 Å². The van der Waals surface area contributed by atoms with Gasteiger partial charge in [0.2, 0.25) is 0 Å². The van der Waals surface area contributed by atoms with Crippen LogP contribution < -0.4 is 0 Å². The second-order valence-corrected chi connectivity index (χ2v) is 6.98. The number of amides is 1. The minimum absolute atomic E-state index is 0.103. The first-order valence-electron chi connectivity index (χ1n) is 9.04. The molecule has 4 rings (SSSR count). The lowest BCUT2D eigenvalue weighted by molar-refractivity contribution is 0.0673. The molecule has 1 amide bonds. The van der Waals surface area contributed by atoms with Crippen LogP contribution in [-0.2, 0) is 6.54 Å². The SMILES string of the molecule is Cc1cnn([C@@H]2CCCN(C(=O)c3cccc(Cn4ccnc4)c3)C2)c1. The van der Waals surface area contributed by atoms with E-state index in [0.717, 1.165) is 42.6 Å². The van der Waals surface area contributed by atoms with Crippen LogP contribution in [0.15, 0.2) is 55.4 Å². The fourth-order valence-corrected chi connectivity index (χ4v) is 3.56. The van der Waals surface area contributed by atoms with Crippen LogP contribution in [-0.4, -0.2) is 43.2 Å². The highest BCUT2D eigenvalue weighted by Crippen LogP contribution is 2.23. The number of hydrogen-bond acceptors (Lipinski definition) is 3. The predicted octanol–water partition coefficient (Wildman–Crippen LogP) is 2.91. The largest absolute Gasteiger partial charge is 0.337 e. The summed E-state index contributed by atoms with van der Waals surface area (Å²) in [6.07, 6.45) is 11.5. The number of hydrogen-bond donors (Lipinski definition) is 0. The van der Waals surface area contributed by atoms with Crippen molar-refractivity contribution in [2.24, 2.45) is 0 Å². The molecule has 0 N–H and O–H groups in total. The lowest BCUT2D eigenvalue weighted by Crippen LogP contribution is -2.40. The Bertz CT molecular complexity index is 883. The number of likely N-dealkylation sites (tertiary alicyclic amines) is 1. The molecule has 1 aliphatic rings. The van der Waals surface area contributed by atoms with Gasteiger partial charge in [-0.25, -0.2) is 4.98 Å². The zero-order chi connectivity index (χ0) is 17.9. The Morgan fingerprint density at radius 3 is 3.04 bits per heavy atom. The van der Waals surface area contributed by atoms with E-state index in [9.17, 15) is 4.79 Å². The van der Waals surface area contributed by atoms with Gasteiger partial charge in [-0.05, 0) is 43.0 Å². The van der Waals surface area contributed by atoms with E-state index in [1.807, 2.05) is 57.7 Å². The predicted molar refractivity (Wildman–Crippen MR) is 98.9 cm³/mol. The third-order valence-corrected chi connectivity index (χ3v) is 4.89. The van der Waals surface area contributed by atoms with Crippen LogP contribution in [0.4, 0.5) is 0 Å². The molecule has 0 unspecified atom stereocenters. The molecule has 0 aliphatic carbocycles. The van der Waals surface area contributed by atoms with Crippen LogP contribution in [0.3, 0.4) is 0 Å².